The van der Waals surface area contributed by atoms with E-state index in [1.54, 1.807) is 0 Å². The van der Waals surface area contributed by atoms with Crippen molar-refractivity contribution in [1.82, 2.24) is 0 Å². The number of aliphatic hydroxyl groups is 11. The molecule has 3 heterocycles. The Morgan fingerprint density at radius 1 is 0.457 bits per heavy atom. The zero-order chi connectivity index (χ0) is 33.8. The van der Waals surface area contributed by atoms with Gasteiger partial charge in [-0.25, -0.2) is 0 Å². The fourth-order valence-corrected chi connectivity index (χ4v) is 7.28. The summed E-state index contributed by atoms with van der Waals surface area (Å²) in [4.78, 5) is 0. The Morgan fingerprint density at radius 2 is 0.891 bits per heavy atom. The number of hydrogen-bond donors (Lipinski definition) is 11. The van der Waals surface area contributed by atoms with Crippen LogP contribution < -0.4 is 0 Å². The van der Waals surface area contributed by atoms with Gasteiger partial charge >= 0.3 is 0 Å². The first-order valence-corrected chi connectivity index (χ1v) is 17.4. The molecule has 46 heavy (non-hydrogen) atoms. The van der Waals surface area contributed by atoms with E-state index in [2.05, 4.69) is 0 Å². The molecule has 6 unspecified atom stereocenters. The van der Waals surface area contributed by atoms with Gasteiger partial charge in [0.25, 0.3) is 0 Å². The van der Waals surface area contributed by atoms with Gasteiger partial charge in [0.1, 0.15) is 84.1 Å². The van der Waals surface area contributed by atoms with Crippen LogP contribution in [0.4, 0.5) is 0 Å². The maximum absolute atomic E-state index is 10.7. The summed E-state index contributed by atoms with van der Waals surface area (Å²) < 4.78 is 33.2. The van der Waals surface area contributed by atoms with Gasteiger partial charge < -0.3 is 84.6 Å². The van der Waals surface area contributed by atoms with Crippen LogP contribution in [0.25, 0.3) is 0 Å². The highest BCUT2D eigenvalue weighted by Gasteiger charge is 2.50. The van der Waals surface area contributed by atoms with E-state index in [0.29, 0.717) is 57.2 Å². The first kappa shape index (κ1) is 40.4. The molecule has 0 spiro atoms. The van der Waals surface area contributed by atoms with Crippen LogP contribution in [0.15, 0.2) is 0 Å². The molecule has 0 bridgehead atoms. The minimum Gasteiger partial charge on any atom is -0.394 e. The standard InChI is InChI=1S/C27H50O17S2/c28-10-13-16(31)18(33)21(36)25(41-13)44-24-15(12-30)43-27(23(38)20(24)35)46-9-3-7-40-5-1-4-39-6-2-8-45-26-22(37)19(34)17(32)14(11-29)42-26/h13-38H,1-12H2/t13?,14?,15?,16-,17+,18?,19?,20?,21-,22-,23-,24+,25-,26-,27-/m0/s1. The normalized spacial score (nSPS) is 41.9. The summed E-state index contributed by atoms with van der Waals surface area (Å²) >= 11 is 2.49. The van der Waals surface area contributed by atoms with Gasteiger partial charge in [0, 0.05) is 26.4 Å². The summed E-state index contributed by atoms with van der Waals surface area (Å²) in [6.07, 6.45) is -16.2. The van der Waals surface area contributed by atoms with E-state index in [0.717, 1.165) is 0 Å². The zero-order valence-electron chi connectivity index (χ0n) is 25.3. The third-order valence-corrected chi connectivity index (χ3v) is 10.3. The molecule has 15 atom stereocenters. The largest absolute Gasteiger partial charge is 0.394 e. The molecule has 0 saturated carbocycles. The van der Waals surface area contributed by atoms with Crippen molar-refractivity contribution < 1.29 is 84.6 Å². The quantitative estimate of drug-likeness (QED) is 0.0560. The van der Waals surface area contributed by atoms with E-state index >= 15 is 0 Å². The fraction of sp³-hybridized carbons (Fsp3) is 1.00. The van der Waals surface area contributed by atoms with Crippen molar-refractivity contribution in [1.29, 1.82) is 0 Å². The maximum Gasteiger partial charge on any atom is 0.187 e. The van der Waals surface area contributed by atoms with E-state index in [1.165, 1.54) is 23.5 Å². The Bertz CT molecular complexity index is 831. The predicted molar refractivity (Wildman–Crippen MR) is 161 cm³/mol. The Hall–Kier alpha value is 0.0200. The highest BCUT2D eigenvalue weighted by Crippen LogP contribution is 2.33. The Labute approximate surface area is 275 Å². The lowest BCUT2D eigenvalue weighted by molar-refractivity contribution is -0.338. The molecule has 3 aliphatic heterocycles. The minimum atomic E-state index is -1.72. The van der Waals surface area contributed by atoms with Gasteiger partial charge in [-0.15, -0.1) is 23.5 Å². The van der Waals surface area contributed by atoms with Crippen molar-refractivity contribution in [3.8, 4) is 0 Å². The highest BCUT2D eigenvalue weighted by molar-refractivity contribution is 8.00. The van der Waals surface area contributed by atoms with E-state index in [1.807, 2.05) is 0 Å². The molecule has 3 aliphatic rings. The van der Waals surface area contributed by atoms with Gasteiger partial charge in [0.15, 0.2) is 6.29 Å². The summed E-state index contributed by atoms with van der Waals surface area (Å²) in [5.41, 5.74) is -1.65. The van der Waals surface area contributed by atoms with Gasteiger partial charge in [-0.1, -0.05) is 0 Å². The monoisotopic (exact) mass is 710 g/mol. The third kappa shape index (κ3) is 11.0. The Morgan fingerprint density at radius 3 is 1.41 bits per heavy atom. The van der Waals surface area contributed by atoms with Crippen molar-refractivity contribution >= 4 is 23.5 Å². The summed E-state index contributed by atoms with van der Waals surface area (Å²) in [5.74, 6) is 1.09. The second-order valence-electron chi connectivity index (χ2n) is 11.2. The zero-order valence-corrected chi connectivity index (χ0v) is 27.0. The smallest absolute Gasteiger partial charge is 0.187 e. The molecule has 0 aromatic carbocycles. The van der Waals surface area contributed by atoms with Crippen molar-refractivity contribution in [2.45, 2.75) is 110 Å². The SMILES string of the molecule is OCC1O[C@@H](SCCCOCCCOCCCS[C@@H]2OC(CO)[C@@H](O[C@@H]3OC(CO)[C@H](O)C(O)[C@@H]3O)C(O)[C@@H]2O)[C@@H](O)C(O)[C@@H]1O. The van der Waals surface area contributed by atoms with E-state index < -0.39 is 110 Å². The minimum absolute atomic E-state index is 0.431. The van der Waals surface area contributed by atoms with Crippen molar-refractivity contribution in [2.24, 2.45) is 0 Å². The average molecular weight is 711 g/mol. The fourth-order valence-electron chi connectivity index (χ4n) is 5.09. The molecule has 272 valence electrons. The van der Waals surface area contributed by atoms with Crippen LogP contribution in [0.1, 0.15) is 19.3 Å². The number of rotatable bonds is 19. The molecule has 11 N–H and O–H groups in total. The van der Waals surface area contributed by atoms with Crippen molar-refractivity contribution in [3.63, 3.8) is 0 Å². The molecule has 3 fully saturated rings. The second kappa shape index (κ2) is 20.6. The average Bonchev–Trinajstić information content (AvgIpc) is 3.05. The molecular formula is C27H50O17S2. The lowest BCUT2D eigenvalue weighted by atomic mass is 9.97. The van der Waals surface area contributed by atoms with Crippen LogP contribution in [-0.4, -0.2) is 204 Å². The molecule has 0 aromatic rings. The van der Waals surface area contributed by atoms with E-state index in [4.69, 9.17) is 28.4 Å². The molecule has 19 heteroatoms. The van der Waals surface area contributed by atoms with Gasteiger partial charge in [-0.05, 0) is 30.8 Å². The predicted octanol–water partition coefficient (Wildman–Crippen LogP) is -4.92. The maximum atomic E-state index is 10.7. The lowest BCUT2D eigenvalue weighted by Crippen LogP contribution is -2.64. The van der Waals surface area contributed by atoms with Crippen LogP contribution in [0.2, 0.25) is 0 Å². The summed E-state index contributed by atoms with van der Waals surface area (Å²) in [6, 6.07) is 0. The molecule has 0 amide bonds. The van der Waals surface area contributed by atoms with Crippen LogP contribution in [-0.2, 0) is 28.4 Å². The molecule has 3 rings (SSSR count). The van der Waals surface area contributed by atoms with E-state index in [9.17, 15) is 56.2 Å². The number of thioether (sulfide) groups is 2. The van der Waals surface area contributed by atoms with Crippen LogP contribution in [0.3, 0.4) is 0 Å². The summed E-state index contributed by atoms with van der Waals surface area (Å²) in [7, 11) is 0. The summed E-state index contributed by atoms with van der Waals surface area (Å²) in [6.45, 7) is 0.124. The topological polar surface area (TPSA) is 278 Å². The van der Waals surface area contributed by atoms with Crippen LogP contribution in [0, 0.1) is 0 Å². The molecule has 0 aromatic heterocycles. The Kier molecular flexibility index (Phi) is 18.1. The van der Waals surface area contributed by atoms with Gasteiger partial charge in [-0.2, -0.15) is 0 Å². The third-order valence-electron chi connectivity index (χ3n) is 7.82. The van der Waals surface area contributed by atoms with Gasteiger partial charge in [0.2, 0.25) is 0 Å². The lowest BCUT2D eigenvalue weighted by Gasteiger charge is -2.46. The molecule has 0 aliphatic carbocycles. The second-order valence-corrected chi connectivity index (χ2v) is 13.6. The van der Waals surface area contributed by atoms with Crippen molar-refractivity contribution in [3.05, 3.63) is 0 Å². The van der Waals surface area contributed by atoms with Crippen LogP contribution in [0.5, 0.6) is 0 Å². The molecular weight excluding hydrogens is 660 g/mol. The molecule has 3 saturated heterocycles. The molecule has 0 radical (unpaired) electrons. The van der Waals surface area contributed by atoms with Crippen LogP contribution >= 0.6 is 23.5 Å². The first-order valence-electron chi connectivity index (χ1n) is 15.3. The number of hydrogen-bond acceptors (Lipinski definition) is 19. The molecule has 17 nitrogen and oxygen atoms in total. The highest BCUT2D eigenvalue weighted by atomic mass is 32.2. The van der Waals surface area contributed by atoms with E-state index in [-0.39, 0.29) is 0 Å². The number of aliphatic hydroxyl groups excluding tert-OH is 11. The summed E-state index contributed by atoms with van der Waals surface area (Å²) in [5, 5.41) is 110. The van der Waals surface area contributed by atoms with Gasteiger partial charge in [0.05, 0.1) is 19.8 Å². The number of ether oxygens (including phenoxy) is 6. The Balaban J connectivity index is 1.23. The first-order chi connectivity index (χ1) is 22.0. The van der Waals surface area contributed by atoms with Crippen molar-refractivity contribution in [2.75, 3.05) is 57.8 Å². The van der Waals surface area contributed by atoms with Gasteiger partial charge in [-0.3, -0.25) is 0 Å².